The molecule has 0 aliphatic rings. The summed E-state index contributed by atoms with van der Waals surface area (Å²) in [6, 6.07) is 3.92. The number of nitrogens with zero attached hydrogens (tertiary/aromatic N) is 2. The summed E-state index contributed by atoms with van der Waals surface area (Å²) in [7, 11) is 1.67. The Morgan fingerprint density at radius 1 is 1.67 bits per heavy atom. The summed E-state index contributed by atoms with van der Waals surface area (Å²) in [6.07, 6.45) is 2.66. The lowest BCUT2D eigenvalue weighted by Crippen LogP contribution is -2.17. The molecule has 3 nitrogen and oxygen atoms in total. The molecule has 0 atom stereocenters. The third-order valence-electron chi connectivity index (χ3n) is 1.76. The molecular weight excluding hydrogens is 150 g/mol. The van der Waals surface area contributed by atoms with E-state index in [9.17, 15) is 0 Å². The van der Waals surface area contributed by atoms with Crippen LogP contribution in [-0.4, -0.2) is 17.9 Å². The molecule has 0 saturated heterocycles. The Hall–Kier alpha value is -1.38. The lowest BCUT2D eigenvalue weighted by Gasteiger charge is -2.03. The van der Waals surface area contributed by atoms with Gasteiger partial charge in [-0.1, -0.05) is 13.0 Å². The van der Waals surface area contributed by atoms with Crippen LogP contribution in [0.5, 0.6) is 0 Å². The van der Waals surface area contributed by atoms with Crippen molar-refractivity contribution in [3.63, 3.8) is 0 Å². The largest absolute Gasteiger partial charge is 0.382 e. The van der Waals surface area contributed by atoms with Gasteiger partial charge in [-0.2, -0.15) is 0 Å². The molecule has 1 heterocycles. The average Bonchev–Trinajstić information content (AvgIpc) is 2.16. The summed E-state index contributed by atoms with van der Waals surface area (Å²) in [5.74, 6) is 0.507. The van der Waals surface area contributed by atoms with Crippen LogP contribution in [-0.2, 0) is 6.42 Å². The minimum Gasteiger partial charge on any atom is -0.382 e. The first kappa shape index (κ1) is 8.71. The van der Waals surface area contributed by atoms with Gasteiger partial charge in [-0.3, -0.25) is 9.98 Å². The summed E-state index contributed by atoms with van der Waals surface area (Å²) in [6.45, 7) is 2.07. The molecule has 1 aromatic rings. The van der Waals surface area contributed by atoms with Gasteiger partial charge in [0.05, 0.1) is 0 Å². The Kier molecular flexibility index (Phi) is 2.80. The lowest BCUT2D eigenvalue weighted by atomic mass is 10.1. The number of aliphatic imine (C=N–C) groups is 1. The highest BCUT2D eigenvalue weighted by Crippen LogP contribution is 2.04. The van der Waals surface area contributed by atoms with Crippen molar-refractivity contribution in [2.75, 3.05) is 7.05 Å². The molecule has 1 rings (SSSR count). The van der Waals surface area contributed by atoms with E-state index in [-0.39, 0.29) is 0 Å². The molecular formula is C9H13N3. The summed E-state index contributed by atoms with van der Waals surface area (Å²) in [5, 5.41) is 0. The summed E-state index contributed by atoms with van der Waals surface area (Å²) < 4.78 is 0. The van der Waals surface area contributed by atoms with Crippen molar-refractivity contribution >= 4 is 5.84 Å². The first-order chi connectivity index (χ1) is 5.79. The maximum atomic E-state index is 5.66. The van der Waals surface area contributed by atoms with Crippen LogP contribution >= 0.6 is 0 Å². The Morgan fingerprint density at radius 3 is 3.00 bits per heavy atom. The second kappa shape index (κ2) is 3.85. The normalized spacial score (nSPS) is 11.7. The average molecular weight is 163 g/mol. The molecule has 0 unspecified atom stereocenters. The second-order valence-corrected chi connectivity index (χ2v) is 2.47. The van der Waals surface area contributed by atoms with Crippen LogP contribution in [0.3, 0.4) is 0 Å². The molecule has 0 aliphatic heterocycles. The van der Waals surface area contributed by atoms with Gasteiger partial charge in [0, 0.05) is 13.2 Å². The van der Waals surface area contributed by atoms with Crippen molar-refractivity contribution in [2.24, 2.45) is 10.7 Å². The van der Waals surface area contributed by atoms with Crippen molar-refractivity contribution in [1.29, 1.82) is 0 Å². The van der Waals surface area contributed by atoms with Crippen LogP contribution in [0, 0.1) is 0 Å². The number of pyridine rings is 1. The summed E-state index contributed by atoms with van der Waals surface area (Å²) in [5.41, 5.74) is 7.61. The van der Waals surface area contributed by atoms with Crippen LogP contribution in [0.15, 0.2) is 23.3 Å². The Labute approximate surface area is 72.3 Å². The predicted molar refractivity (Wildman–Crippen MR) is 50.3 cm³/mol. The van der Waals surface area contributed by atoms with Gasteiger partial charge < -0.3 is 5.73 Å². The van der Waals surface area contributed by atoms with Crippen molar-refractivity contribution in [3.05, 3.63) is 29.6 Å². The maximum absolute atomic E-state index is 5.66. The van der Waals surface area contributed by atoms with Gasteiger partial charge in [0.25, 0.3) is 0 Å². The molecule has 0 spiro atoms. The van der Waals surface area contributed by atoms with E-state index in [0.717, 1.165) is 17.7 Å². The van der Waals surface area contributed by atoms with Crippen molar-refractivity contribution in [1.82, 2.24) is 4.98 Å². The van der Waals surface area contributed by atoms with Crippen LogP contribution < -0.4 is 5.73 Å². The van der Waals surface area contributed by atoms with E-state index in [1.807, 2.05) is 12.1 Å². The van der Waals surface area contributed by atoms with E-state index >= 15 is 0 Å². The fraction of sp³-hybridized carbons (Fsp3) is 0.333. The number of aryl methyl sites for hydroxylation is 1. The van der Waals surface area contributed by atoms with Gasteiger partial charge in [0.1, 0.15) is 11.5 Å². The molecule has 0 amide bonds. The highest BCUT2D eigenvalue weighted by atomic mass is 14.9. The molecule has 0 aromatic carbocycles. The van der Waals surface area contributed by atoms with E-state index in [1.165, 1.54) is 0 Å². The number of amidine groups is 1. The van der Waals surface area contributed by atoms with Crippen molar-refractivity contribution in [2.45, 2.75) is 13.3 Å². The molecule has 3 heteroatoms. The third-order valence-corrected chi connectivity index (χ3v) is 1.76. The SMILES string of the molecule is CCc1cccnc1C(N)=NC. The van der Waals surface area contributed by atoms with E-state index in [0.29, 0.717) is 5.84 Å². The first-order valence-corrected chi connectivity index (χ1v) is 3.96. The molecule has 0 fully saturated rings. The molecule has 0 aliphatic carbocycles. The molecule has 0 bridgehead atoms. The van der Waals surface area contributed by atoms with Crippen LogP contribution in [0.2, 0.25) is 0 Å². The maximum Gasteiger partial charge on any atom is 0.144 e. The first-order valence-electron chi connectivity index (χ1n) is 3.96. The van der Waals surface area contributed by atoms with Crippen LogP contribution in [0.25, 0.3) is 0 Å². The molecule has 12 heavy (non-hydrogen) atoms. The molecule has 0 saturated carbocycles. The number of aromatic nitrogens is 1. The standard InChI is InChI=1S/C9H13N3/c1-3-7-5-4-6-12-8(7)9(10)11-2/h4-6H,3H2,1-2H3,(H2,10,11). The summed E-state index contributed by atoms with van der Waals surface area (Å²) >= 11 is 0. The molecule has 0 radical (unpaired) electrons. The van der Waals surface area contributed by atoms with Crippen LogP contribution in [0.1, 0.15) is 18.2 Å². The highest BCUT2D eigenvalue weighted by Gasteiger charge is 2.03. The second-order valence-electron chi connectivity index (χ2n) is 2.47. The smallest absolute Gasteiger partial charge is 0.144 e. The fourth-order valence-corrected chi connectivity index (χ4v) is 1.06. The van der Waals surface area contributed by atoms with E-state index in [1.54, 1.807) is 13.2 Å². The molecule has 64 valence electrons. The van der Waals surface area contributed by atoms with Gasteiger partial charge in [-0.15, -0.1) is 0 Å². The van der Waals surface area contributed by atoms with Gasteiger partial charge in [0.15, 0.2) is 0 Å². The van der Waals surface area contributed by atoms with E-state index in [2.05, 4.69) is 16.9 Å². The minimum absolute atomic E-state index is 0.507. The quantitative estimate of drug-likeness (QED) is 0.522. The Bertz CT molecular complexity index is 292. The lowest BCUT2D eigenvalue weighted by molar-refractivity contribution is 1.08. The minimum atomic E-state index is 0.507. The Balaban J connectivity index is 3.13. The highest BCUT2D eigenvalue weighted by molar-refractivity contribution is 5.96. The van der Waals surface area contributed by atoms with E-state index < -0.39 is 0 Å². The van der Waals surface area contributed by atoms with Gasteiger partial charge in [-0.05, 0) is 18.1 Å². The monoisotopic (exact) mass is 163 g/mol. The predicted octanol–water partition coefficient (Wildman–Crippen LogP) is 0.979. The zero-order valence-electron chi connectivity index (χ0n) is 7.41. The number of hydrogen-bond acceptors (Lipinski definition) is 2. The number of rotatable bonds is 2. The topological polar surface area (TPSA) is 51.3 Å². The zero-order valence-corrected chi connectivity index (χ0v) is 7.41. The Morgan fingerprint density at radius 2 is 2.42 bits per heavy atom. The number of hydrogen-bond donors (Lipinski definition) is 1. The van der Waals surface area contributed by atoms with Crippen molar-refractivity contribution in [3.8, 4) is 0 Å². The third kappa shape index (κ3) is 1.61. The van der Waals surface area contributed by atoms with Gasteiger partial charge in [0.2, 0.25) is 0 Å². The van der Waals surface area contributed by atoms with E-state index in [4.69, 9.17) is 5.73 Å². The van der Waals surface area contributed by atoms with Crippen LogP contribution in [0.4, 0.5) is 0 Å². The van der Waals surface area contributed by atoms with Gasteiger partial charge in [-0.25, -0.2) is 0 Å². The fourth-order valence-electron chi connectivity index (χ4n) is 1.06. The molecule has 1 aromatic heterocycles. The zero-order chi connectivity index (χ0) is 8.97. The van der Waals surface area contributed by atoms with Gasteiger partial charge >= 0.3 is 0 Å². The molecule has 2 N–H and O–H groups in total. The summed E-state index contributed by atoms with van der Waals surface area (Å²) in [4.78, 5) is 8.06. The van der Waals surface area contributed by atoms with Crippen molar-refractivity contribution < 1.29 is 0 Å². The number of nitrogens with two attached hydrogens (primary N) is 1.